The van der Waals surface area contributed by atoms with Gasteiger partial charge in [0.25, 0.3) is 0 Å². The van der Waals surface area contributed by atoms with Crippen LogP contribution in [0.4, 0.5) is 10.1 Å². The Kier molecular flexibility index (Phi) is 5.37. The molecule has 6 heteroatoms. The van der Waals surface area contributed by atoms with Crippen molar-refractivity contribution in [1.29, 1.82) is 0 Å². The standard InChI is InChI=1S/C26H23FN2O3/c27-20-6-8-21(9-7-20)29-12-10-28(11-13-29)17-19-14-26(31)32-25-16-22(24(30)15-23(19)25)18-4-2-1-3-5-18/h1-9,14-16,30H,10-13,17H2. The first-order chi connectivity index (χ1) is 15.6. The van der Waals surface area contributed by atoms with E-state index >= 15 is 0 Å². The van der Waals surface area contributed by atoms with E-state index in [9.17, 15) is 14.3 Å². The first-order valence-electron chi connectivity index (χ1n) is 10.6. The number of phenolic OH excluding ortho intramolecular Hbond substituents is 1. The Bertz CT molecular complexity index is 1290. The zero-order valence-electron chi connectivity index (χ0n) is 17.5. The molecule has 162 valence electrons. The molecule has 5 nitrogen and oxygen atoms in total. The third-order valence-electron chi connectivity index (χ3n) is 5.99. The Labute approximate surface area is 184 Å². The van der Waals surface area contributed by atoms with Crippen molar-refractivity contribution in [2.24, 2.45) is 0 Å². The fourth-order valence-electron chi connectivity index (χ4n) is 4.30. The lowest BCUT2D eigenvalue weighted by Gasteiger charge is -2.36. The lowest BCUT2D eigenvalue weighted by atomic mass is 10.0. The number of aromatic hydroxyl groups is 1. The predicted molar refractivity (Wildman–Crippen MR) is 123 cm³/mol. The average Bonchev–Trinajstić information content (AvgIpc) is 2.81. The summed E-state index contributed by atoms with van der Waals surface area (Å²) in [4.78, 5) is 16.8. The molecule has 0 amide bonds. The molecule has 0 aliphatic carbocycles. The van der Waals surface area contributed by atoms with Crippen LogP contribution in [0, 0.1) is 5.82 Å². The first kappa shape index (κ1) is 20.3. The van der Waals surface area contributed by atoms with Gasteiger partial charge < -0.3 is 14.4 Å². The average molecular weight is 430 g/mol. The number of hydrogen-bond donors (Lipinski definition) is 1. The summed E-state index contributed by atoms with van der Waals surface area (Å²) in [6, 6.07) is 21.0. The Hall–Kier alpha value is -3.64. The summed E-state index contributed by atoms with van der Waals surface area (Å²) in [7, 11) is 0. The van der Waals surface area contributed by atoms with E-state index < -0.39 is 5.63 Å². The number of benzene rings is 3. The number of hydrogen-bond acceptors (Lipinski definition) is 5. The van der Waals surface area contributed by atoms with Crippen LogP contribution in [0.3, 0.4) is 0 Å². The van der Waals surface area contributed by atoms with Crippen molar-refractivity contribution in [3.63, 3.8) is 0 Å². The van der Waals surface area contributed by atoms with E-state index in [-0.39, 0.29) is 11.6 Å². The van der Waals surface area contributed by atoms with E-state index in [1.165, 1.54) is 18.2 Å². The largest absolute Gasteiger partial charge is 0.507 e. The summed E-state index contributed by atoms with van der Waals surface area (Å²) in [6.07, 6.45) is 0. The monoisotopic (exact) mass is 430 g/mol. The van der Waals surface area contributed by atoms with Crippen LogP contribution in [0.25, 0.3) is 22.1 Å². The Morgan fingerprint density at radius 1 is 0.906 bits per heavy atom. The highest BCUT2D eigenvalue weighted by Crippen LogP contribution is 2.34. The summed E-state index contributed by atoms with van der Waals surface area (Å²) in [6.45, 7) is 3.84. The van der Waals surface area contributed by atoms with E-state index in [1.807, 2.05) is 30.3 Å². The molecular formula is C26H23FN2O3. The molecule has 1 aliphatic rings. The number of fused-ring (bicyclic) bond motifs is 1. The zero-order chi connectivity index (χ0) is 22.1. The smallest absolute Gasteiger partial charge is 0.336 e. The van der Waals surface area contributed by atoms with Gasteiger partial charge in [0.05, 0.1) is 0 Å². The van der Waals surface area contributed by atoms with E-state index in [4.69, 9.17) is 4.42 Å². The van der Waals surface area contributed by atoms with Gasteiger partial charge in [0, 0.05) is 55.4 Å². The maximum absolute atomic E-state index is 13.2. The van der Waals surface area contributed by atoms with Crippen LogP contribution < -0.4 is 10.5 Å². The summed E-state index contributed by atoms with van der Waals surface area (Å²) < 4.78 is 18.7. The van der Waals surface area contributed by atoms with Gasteiger partial charge in [-0.1, -0.05) is 30.3 Å². The third-order valence-corrected chi connectivity index (χ3v) is 5.99. The molecule has 0 radical (unpaired) electrons. The number of rotatable bonds is 4. The van der Waals surface area contributed by atoms with Crippen LogP contribution in [0.2, 0.25) is 0 Å². The molecule has 4 aromatic rings. The van der Waals surface area contributed by atoms with Crippen molar-refractivity contribution < 1.29 is 13.9 Å². The summed E-state index contributed by atoms with van der Waals surface area (Å²) in [5, 5.41) is 11.4. The van der Waals surface area contributed by atoms with Gasteiger partial charge in [-0.25, -0.2) is 9.18 Å². The Morgan fingerprint density at radius 2 is 1.62 bits per heavy atom. The molecule has 32 heavy (non-hydrogen) atoms. The lowest BCUT2D eigenvalue weighted by molar-refractivity contribution is 0.250. The van der Waals surface area contributed by atoms with Crippen LogP contribution in [0.15, 0.2) is 82.0 Å². The van der Waals surface area contributed by atoms with Gasteiger partial charge in [0.1, 0.15) is 17.1 Å². The minimum absolute atomic E-state index is 0.153. The van der Waals surface area contributed by atoms with Crippen molar-refractivity contribution in [1.82, 2.24) is 4.90 Å². The summed E-state index contributed by atoms with van der Waals surface area (Å²) >= 11 is 0. The second-order valence-corrected chi connectivity index (χ2v) is 8.06. The molecular weight excluding hydrogens is 407 g/mol. The molecule has 0 bridgehead atoms. The van der Waals surface area contributed by atoms with Gasteiger partial charge in [-0.3, -0.25) is 4.90 Å². The molecule has 0 saturated carbocycles. The van der Waals surface area contributed by atoms with Crippen molar-refractivity contribution in [2.45, 2.75) is 6.54 Å². The summed E-state index contributed by atoms with van der Waals surface area (Å²) in [5.41, 5.74) is 3.40. The molecule has 0 unspecified atom stereocenters. The molecule has 1 N–H and O–H groups in total. The van der Waals surface area contributed by atoms with E-state index in [1.54, 1.807) is 24.3 Å². The zero-order valence-corrected chi connectivity index (χ0v) is 17.5. The molecule has 1 aliphatic heterocycles. The molecule has 3 aromatic carbocycles. The molecule has 1 aromatic heterocycles. The highest BCUT2D eigenvalue weighted by Gasteiger charge is 2.19. The van der Waals surface area contributed by atoms with E-state index in [0.717, 1.165) is 48.4 Å². The van der Waals surface area contributed by atoms with Crippen LogP contribution >= 0.6 is 0 Å². The quantitative estimate of drug-likeness (QED) is 0.479. The van der Waals surface area contributed by atoms with Crippen molar-refractivity contribution in [3.05, 3.63) is 94.6 Å². The summed E-state index contributed by atoms with van der Waals surface area (Å²) in [5.74, 6) is -0.0826. The van der Waals surface area contributed by atoms with Crippen LogP contribution in [0.1, 0.15) is 5.56 Å². The van der Waals surface area contributed by atoms with Crippen LogP contribution in [0.5, 0.6) is 5.75 Å². The van der Waals surface area contributed by atoms with Gasteiger partial charge in [0.15, 0.2) is 0 Å². The van der Waals surface area contributed by atoms with Gasteiger partial charge in [-0.15, -0.1) is 0 Å². The molecule has 1 fully saturated rings. The maximum Gasteiger partial charge on any atom is 0.336 e. The maximum atomic E-state index is 13.2. The van der Waals surface area contributed by atoms with Gasteiger partial charge in [-0.05, 0) is 47.5 Å². The van der Waals surface area contributed by atoms with Gasteiger partial charge >= 0.3 is 5.63 Å². The number of nitrogens with zero attached hydrogens (tertiary/aromatic N) is 2. The number of phenols is 1. The van der Waals surface area contributed by atoms with Gasteiger partial charge in [0.2, 0.25) is 0 Å². The van der Waals surface area contributed by atoms with Crippen molar-refractivity contribution in [3.8, 4) is 16.9 Å². The molecule has 1 saturated heterocycles. The molecule has 0 atom stereocenters. The number of piperazine rings is 1. The van der Waals surface area contributed by atoms with Crippen LogP contribution in [-0.4, -0.2) is 36.2 Å². The minimum Gasteiger partial charge on any atom is -0.507 e. The minimum atomic E-state index is -0.401. The van der Waals surface area contributed by atoms with Gasteiger partial charge in [-0.2, -0.15) is 0 Å². The predicted octanol–water partition coefficient (Wildman–Crippen LogP) is 4.63. The molecule has 5 rings (SSSR count). The highest BCUT2D eigenvalue weighted by molar-refractivity contribution is 5.88. The highest BCUT2D eigenvalue weighted by atomic mass is 19.1. The third kappa shape index (κ3) is 4.09. The van der Waals surface area contributed by atoms with Crippen molar-refractivity contribution in [2.75, 3.05) is 31.1 Å². The fraction of sp³-hybridized carbons (Fsp3) is 0.192. The fourth-order valence-corrected chi connectivity index (χ4v) is 4.30. The Morgan fingerprint density at radius 3 is 2.34 bits per heavy atom. The van der Waals surface area contributed by atoms with Crippen molar-refractivity contribution >= 4 is 16.7 Å². The topological polar surface area (TPSA) is 56.9 Å². The molecule has 2 heterocycles. The second-order valence-electron chi connectivity index (χ2n) is 8.06. The second kappa shape index (κ2) is 8.48. The van der Waals surface area contributed by atoms with Crippen LogP contribution in [-0.2, 0) is 6.54 Å². The first-order valence-corrected chi connectivity index (χ1v) is 10.6. The lowest BCUT2D eigenvalue weighted by Crippen LogP contribution is -2.46. The Balaban J connectivity index is 1.38. The number of anilines is 1. The van der Waals surface area contributed by atoms with E-state index in [2.05, 4.69) is 9.80 Å². The molecule has 0 spiro atoms. The number of halogens is 1. The normalized spacial score (nSPS) is 14.7. The SMILES string of the molecule is O=c1cc(CN2CCN(c3ccc(F)cc3)CC2)c2cc(O)c(-c3ccccc3)cc2o1. The van der Waals surface area contributed by atoms with E-state index in [0.29, 0.717) is 17.7 Å².